The summed E-state index contributed by atoms with van der Waals surface area (Å²) in [5.41, 5.74) is -0.367. The van der Waals surface area contributed by atoms with Gasteiger partial charge in [0.2, 0.25) is 5.91 Å². The van der Waals surface area contributed by atoms with Crippen LogP contribution in [0.15, 0.2) is 0 Å². The Hall–Kier alpha value is -1.13. The van der Waals surface area contributed by atoms with Crippen molar-refractivity contribution in [1.29, 1.82) is 0 Å². The lowest BCUT2D eigenvalue weighted by atomic mass is 9.96. The van der Waals surface area contributed by atoms with E-state index in [-0.39, 0.29) is 37.2 Å². The molecular weight excluding hydrogens is 628 g/mol. The van der Waals surface area contributed by atoms with Crippen LogP contribution >= 0.6 is 0 Å². The number of unbranched alkanes of at least 4 members (excludes halogenated alkanes) is 3. The smallest absolute Gasteiger partial charge is 0.219 e. The molecule has 276 valence electrons. The molecule has 13 atom stereocenters. The van der Waals surface area contributed by atoms with Crippen LogP contribution in [-0.4, -0.2) is 171 Å². The highest BCUT2D eigenvalue weighted by Crippen LogP contribution is 2.33. The van der Waals surface area contributed by atoms with Gasteiger partial charge in [0.15, 0.2) is 12.6 Å². The molecule has 47 heavy (non-hydrogen) atoms. The van der Waals surface area contributed by atoms with E-state index in [1.807, 2.05) is 6.92 Å². The van der Waals surface area contributed by atoms with Gasteiger partial charge in [-0.3, -0.25) is 10.1 Å². The fourth-order valence-electron chi connectivity index (χ4n) is 5.62. The van der Waals surface area contributed by atoms with Crippen LogP contribution in [0.5, 0.6) is 0 Å². The Bertz CT molecular complexity index is 897. The van der Waals surface area contributed by atoms with Crippen molar-refractivity contribution in [3.63, 3.8) is 0 Å². The van der Waals surface area contributed by atoms with Crippen LogP contribution in [0.3, 0.4) is 0 Å². The second kappa shape index (κ2) is 19.9. The van der Waals surface area contributed by atoms with Crippen molar-refractivity contribution in [2.45, 2.75) is 144 Å². The molecule has 0 spiro atoms. The number of epoxide rings is 1. The zero-order valence-corrected chi connectivity index (χ0v) is 27.0. The predicted molar refractivity (Wildman–Crippen MR) is 161 cm³/mol. The summed E-state index contributed by atoms with van der Waals surface area (Å²) >= 11 is 0. The van der Waals surface area contributed by atoms with Crippen molar-refractivity contribution in [3.05, 3.63) is 0 Å². The number of aliphatic hydroxyl groups is 9. The SMILES string of the molecule is C[C@@]1(C(CCCCNC(=O)CCCCOC2OC(CO)C(O)C(O)C2O)NC(O)CCCCOC2OC(CO)C(O)C(O)C2O)CO1. The molecule has 0 aromatic heterocycles. The van der Waals surface area contributed by atoms with Gasteiger partial charge in [-0.2, -0.15) is 0 Å². The molecule has 3 aliphatic rings. The maximum Gasteiger partial charge on any atom is 0.219 e. The molecule has 3 aliphatic heterocycles. The Kier molecular flexibility index (Phi) is 17.1. The Morgan fingerprint density at radius 1 is 0.766 bits per heavy atom. The van der Waals surface area contributed by atoms with E-state index in [1.54, 1.807) is 0 Å². The molecule has 17 heteroatoms. The minimum atomic E-state index is -1.50. The van der Waals surface area contributed by atoms with Crippen LogP contribution in [-0.2, 0) is 28.5 Å². The molecule has 11 N–H and O–H groups in total. The number of hydrogen-bond donors (Lipinski definition) is 11. The molecule has 0 aliphatic carbocycles. The summed E-state index contributed by atoms with van der Waals surface area (Å²) in [5, 5.41) is 94.6. The molecule has 0 bridgehead atoms. The zero-order valence-electron chi connectivity index (χ0n) is 27.0. The molecule has 1 amide bonds. The lowest BCUT2D eigenvalue weighted by Crippen LogP contribution is -2.59. The lowest BCUT2D eigenvalue weighted by molar-refractivity contribution is -0.301. The van der Waals surface area contributed by atoms with Gasteiger partial charge in [0, 0.05) is 32.2 Å². The van der Waals surface area contributed by atoms with Gasteiger partial charge < -0.3 is 75.0 Å². The molecule has 0 aromatic rings. The van der Waals surface area contributed by atoms with Gasteiger partial charge in [-0.05, 0) is 51.9 Å². The normalized spacial score (nSPS) is 37.0. The van der Waals surface area contributed by atoms with Crippen LogP contribution in [0.2, 0.25) is 0 Å². The summed E-state index contributed by atoms with van der Waals surface area (Å²) in [6, 6.07) is -0.0812. The molecule has 12 unspecified atom stereocenters. The third-order valence-electron chi connectivity index (χ3n) is 8.90. The summed E-state index contributed by atoms with van der Waals surface area (Å²) in [6.45, 7) is 2.35. The summed E-state index contributed by atoms with van der Waals surface area (Å²) in [4.78, 5) is 12.2. The van der Waals surface area contributed by atoms with E-state index in [4.69, 9.17) is 23.7 Å². The first-order valence-corrected chi connectivity index (χ1v) is 16.6. The number of carbonyl (C=O) groups excluding carboxylic acids is 1. The molecule has 3 rings (SSSR count). The second-order valence-electron chi connectivity index (χ2n) is 12.8. The number of nitrogens with one attached hydrogen (secondary N) is 2. The first kappa shape index (κ1) is 40.3. The average Bonchev–Trinajstić information content (AvgIpc) is 3.81. The molecule has 0 radical (unpaired) electrons. The van der Waals surface area contributed by atoms with Gasteiger partial charge in [0.05, 0.1) is 19.8 Å². The van der Waals surface area contributed by atoms with E-state index in [9.17, 15) is 50.8 Å². The van der Waals surface area contributed by atoms with Crippen LogP contribution < -0.4 is 10.6 Å². The van der Waals surface area contributed by atoms with Crippen molar-refractivity contribution in [1.82, 2.24) is 10.6 Å². The largest absolute Gasteiger partial charge is 0.394 e. The standard InChI is InChI=1S/C30H56N2O15/c1-30(16-45-30)19(32-21(36)10-4-7-13-44-29-27(42)25(40)23(38)18(15-34)47-29)8-2-5-11-31-20(35)9-3-6-12-43-28-26(41)24(39)22(37)17(14-33)46-28/h17-19,21-29,32-34,36-42H,2-16H2,1H3,(H,31,35)/t17?,18?,19?,21?,22?,23?,24?,25?,26?,27?,28?,29?,30-/m0/s1. The summed E-state index contributed by atoms with van der Waals surface area (Å²) in [5.74, 6) is -0.101. The summed E-state index contributed by atoms with van der Waals surface area (Å²) in [6.07, 6.45) is -8.83. The van der Waals surface area contributed by atoms with Gasteiger partial charge in [0.1, 0.15) is 60.7 Å². The predicted octanol–water partition coefficient (Wildman–Crippen LogP) is -3.69. The van der Waals surface area contributed by atoms with Crippen molar-refractivity contribution in [2.75, 3.05) is 39.6 Å². The topological polar surface area (TPSA) is 273 Å². The second-order valence-corrected chi connectivity index (χ2v) is 12.8. The van der Waals surface area contributed by atoms with Crippen molar-refractivity contribution >= 4 is 5.91 Å². The minimum Gasteiger partial charge on any atom is -0.394 e. The van der Waals surface area contributed by atoms with Crippen molar-refractivity contribution in [3.8, 4) is 0 Å². The van der Waals surface area contributed by atoms with Crippen LogP contribution in [0, 0.1) is 0 Å². The number of rotatable bonds is 22. The first-order chi connectivity index (χ1) is 22.4. The van der Waals surface area contributed by atoms with E-state index in [0.29, 0.717) is 45.3 Å². The minimum absolute atomic E-state index is 0.0812. The number of hydrogen-bond acceptors (Lipinski definition) is 16. The van der Waals surface area contributed by atoms with E-state index < -0.39 is 80.9 Å². The maximum atomic E-state index is 12.2. The highest BCUT2D eigenvalue weighted by Gasteiger charge is 2.47. The number of ether oxygens (including phenoxy) is 5. The third-order valence-corrected chi connectivity index (χ3v) is 8.90. The fraction of sp³-hybridized carbons (Fsp3) is 0.967. The highest BCUT2D eigenvalue weighted by atomic mass is 16.7. The number of carbonyl (C=O) groups is 1. The molecule has 3 heterocycles. The highest BCUT2D eigenvalue weighted by molar-refractivity contribution is 5.75. The molecule has 17 nitrogen and oxygen atoms in total. The van der Waals surface area contributed by atoms with Gasteiger partial charge in [-0.1, -0.05) is 6.42 Å². The van der Waals surface area contributed by atoms with E-state index >= 15 is 0 Å². The molecule has 3 fully saturated rings. The Labute approximate surface area is 274 Å². The molecule has 3 saturated heterocycles. The summed E-state index contributed by atoms with van der Waals surface area (Å²) < 4.78 is 27.1. The van der Waals surface area contributed by atoms with Crippen LogP contribution in [0.1, 0.15) is 64.7 Å². The molecule has 0 saturated carbocycles. The van der Waals surface area contributed by atoms with Crippen molar-refractivity contribution in [2.24, 2.45) is 0 Å². The van der Waals surface area contributed by atoms with E-state index in [0.717, 1.165) is 19.3 Å². The molecular formula is C30H56N2O15. The van der Waals surface area contributed by atoms with Crippen LogP contribution in [0.25, 0.3) is 0 Å². The number of amides is 1. The first-order valence-electron chi connectivity index (χ1n) is 16.6. The van der Waals surface area contributed by atoms with Crippen LogP contribution in [0.4, 0.5) is 0 Å². The van der Waals surface area contributed by atoms with Gasteiger partial charge >= 0.3 is 0 Å². The Morgan fingerprint density at radius 2 is 1.28 bits per heavy atom. The van der Waals surface area contributed by atoms with Gasteiger partial charge in [0.25, 0.3) is 0 Å². The quantitative estimate of drug-likeness (QED) is 0.0298. The maximum absolute atomic E-state index is 12.2. The van der Waals surface area contributed by atoms with Crippen molar-refractivity contribution < 1.29 is 74.4 Å². The fourth-order valence-corrected chi connectivity index (χ4v) is 5.62. The lowest BCUT2D eigenvalue weighted by Gasteiger charge is -2.39. The molecule has 0 aromatic carbocycles. The zero-order chi connectivity index (χ0) is 34.6. The number of aliphatic hydroxyl groups excluding tert-OH is 9. The van der Waals surface area contributed by atoms with Gasteiger partial charge in [-0.15, -0.1) is 0 Å². The third kappa shape index (κ3) is 12.3. The van der Waals surface area contributed by atoms with Gasteiger partial charge in [-0.25, -0.2) is 0 Å². The monoisotopic (exact) mass is 684 g/mol. The Balaban J connectivity index is 1.22. The Morgan fingerprint density at radius 3 is 1.79 bits per heavy atom. The summed E-state index contributed by atoms with van der Waals surface area (Å²) in [7, 11) is 0. The average molecular weight is 685 g/mol. The van der Waals surface area contributed by atoms with E-state index in [1.165, 1.54) is 0 Å². The van der Waals surface area contributed by atoms with E-state index in [2.05, 4.69) is 10.6 Å².